The summed E-state index contributed by atoms with van der Waals surface area (Å²) in [5.74, 6) is 1.63. The number of aromatic nitrogens is 2. The van der Waals surface area contributed by atoms with Crippen molar-refractivity contribution in [1.82, 2.24) is 15.0 Å². The Bertz CT molecular complexity index is 299. The van der Waals surface area contributed by atoms with Gasteiger partial charge < -0.3 is 10.2 Å². The zero-order valence-electron chi connectivity index (χ0n) is 8.23. The van der Waals surface area contributed by atoms with Crippen LogP contribution in [-0.2, 0) is 4.74 Å². The molecule has 5 heteroatoms. The molecule has 1 aromatic rings. The number of ether oxygens (including phenoxy) is 1. The molecular formula is C9H14N4O. The Morgan fingerprint density at radius 1 is 1.43 bits per heavy atom. The second-order valence-electron chi connectivity index (χ2n) is 3.20. The first kappa shape index (κ1) is 9.36. The summed E-state index contributed by atoms with van der Waals surface area (Å²) < 4.78 is 5.25. The van der Waals surface area contributed by atoms with Gasteiger partial charge in [-0.15, -0.1) is 0 Å². The average molecular weight is 194 g/mol. The number of nitrogens with one attached hydrogen (secondary N) is 1. The van der Waals surface area contributed by atoms with E-state index in [1.807, 2.05) is 13.0 Å². The maximum atomic E-state index is 5.25. The van der Waals surface area contributed by atoms with Crippen molar-refractivity contribution < 1.29 is 4.74 Å². The number of morpholine rings is 1. The maximum Gasteiger partial charge on any atom is 0.144 e. The van der Waals surface area contributed by atoms with E-state index in [0.29, 0.717) is 0 Å². The predicted molar refractivity (Wildman–Crippen MR) is 52.8 cm³/mol. The van der Waals surface area contributed by atoms with Gasteiger partial charge in [-0.2, -0.15) is 0 Å². The highest BCUT2D eigenvalue weighted by molar-refractivity contribution is 5.31. The first-order valence-corrected chi connectivity index (χ1v) is 4.73. The minimum Gasteiger partial charge on any atom is -0.379 e. The fourth-order valence-electron chi connectivity index (χ4n) is 1.36. The molecule has 0 saturated carbocycles. The molecule has 0 atom stereocenters. The summed E-state index contributed by atoms with van der Waals surface area (Å²) in [4.78, 5) is 8.30. The number of hydrazine groups is 1. The molecule has 1 aliphatic heterocycles. The Balaban J connectivity index is 1.95. The molecule has 0 radical (unpaired) electrons. The summed E-state index contributed by atoms with van der Waals surface area (Å²) in [6, 6.07) is 1.86. The molecule has 1 aliphatic rings. The monoisotopic (exact) mass is 194 g/mol. The van der Waals surface area contributed by atoms with Gasteiger partial charge in [0.05, 0.1) is 13.2 Å². The van der Waals surface area contributed by atoms with Gasteiger partial charge in [-0.3, -0.25) is 0 Å². The number of aryl methyl sites for hydroxylation is 1. The van der Waals surface area contributed by atoms with Crippen LogP contribution in [0.2, 0.25) is 0 Å². The van der Waals surface area contributed by atoms with Gasteiger partial charge in [0.15, 0.2) is 0 Å². The Morgan fingerprint density at radius 2 is 2.21 bits per heavy atom. The molecule has 0 spiro atoms. The van der Waals surface area contributed by atoms with Crippen molar-refractivity contribution in [1.29, 1.82) is 0 Å². The van der Waals surface area contributed by atoms with Crippen LogP contribution in [0.1, 0.15) is 5.82 Å². The number of nitrogens with zero attached hydrogens (tertiary/aromatic N) is 3. The lowest BCUT2D eigenvalue weighted by molar-refractivity contribution is 0.0495. The summed E-state index contributed by atoms with van der Waals surface area (Å²) in [6.45, 7) is 5.21. The van der Waals surface area contributed by atoms with E-state index >= 15 is 0 Å². The van der Waals surface area contributed by atoms with Crippen molar-refractivity contribution in [2.75, 3.05) is 31.7 Å². The average Bonchev–Trinajstić information content (AvgIpc) is 2.19. The molecule has 0 bridgehead atoms. The van der Waals surface area contributed by atoms with Crippen LogP contribution in [-0.4, -0.2) is 41.3 Å². The van der Waals surface area contributed by atoms with Gasteiger partial charge in [0.25, 0.3) is 0 Å². The molecule has 2 rings (SSSR count). The van der Waals surface area contributed by atoms with E-state index in [4.69, 9.17) is 4.74 Å². The van der Waals surface area contributed by atoms with Crippen molar-refractivity contribution in [3.63, 3.8) is 0 Å². The third-order valence-corrected chi connectivity index (χ3v) is 2.06. The summed E-state index contributed by atoms with van der Waals surface area (Å²) in [5.41, 5.74) is 3.22. The Hall–Kier alpha value is -1.20. The van der Waals surface area contributed by atoms with Gasteiger partial charge in [-0.05, 0) is 6.92 Å². The van der Waals surface area contributed by atoms with E-state index in [-0.39, 0.29) is 0 Å². The van der Waals surface area contributed by atoms with Gasteiger partial charge in [0.1, 0.15) is 11.6 Å². The molecule has 1 saturated heterocycles. The quantitative estimate of drug-likeness (QED) is 0.740. The van der Waals surface area contributed by atoms with Gasteiger partial charge in [0, 0.05) is 25.4 Å². The molecule has 76 valence electrons. The fourth-order valence-corrected chi connectivity index (χ4v) is 1.36. The molecule has 5 nitrogen and oxygen atoms in total. The van der Waals surface area contributed by atoms with Gasteiger partial charge >= 0.3 is 0 Å². The largest absolute Gasteiger partial charge is 0.379 e. The number of hydrogen-bond acceptors (Lipinski definition) is 5. The van der Waals surface area contributed by atoms with E-state index in [9.17, 15) is 0 Å². The van der Waals surface area contributed by atoms with Gasteiger partial charge in [-0.25, -0.2) is 15.0 Å². The summed E-state index contributed by atoms with van der Waals surface area (Å²) in [5, 5.41) is 2.10. The number of hydrogen-bond donors (Lipinski definition) is 1. The van der Waals surface area contributed by atoms with Crippen LogP contribution >= 0.6 is 0 Å². The summed E-state index contributed by atoms with van der Waals surface area (Å²) >= 11 is 0. The molecule has 14 heavy (non-hydrogen) atoms. The van der Waals surface area contributed by atoms with E-state index in [2.05, 4.69) is 20.4 Å². The van der Waals surface area contributed by atoms with Crippen molar-refractivity contribution in [2.45, 2.75) is 6.92 Å². The predicted octanol–water partition coefficient (Wildman–Crippen LogP) is 0.444. The SMILES string of the molecule is Cc1nccc(NN2CCOCC2)n1. The van der Waals surface area contributed by atoms with Crippen LogP contribution in [0.5, 0.6) is 0 Å². The molecule has 0 aromatic carbocycles. The van der Waals surface area contributed by atoms with Crippen molar-refractivity contribution in [2.24, 2.45) is 0 Å². The molecule has 1 fully saturated rings. The molecule has 2 heterocycles. The first-order valence-electron chi connectivity index (χ1n) is 4.73. The summed E-state index contributed by atoms with van der Waals surface area (Å²) in [6.07, 6.45) is 1.76. The Labute approximate surface area is 83.1 Å². The van der Waals surface area contributed by atoms with Crippen molar-refractivity contribution in [3.8, 4) is 0 Å². The Kier molecular flexibility index (Phi) is 2.90. The smallest absolute Gasteiger partial charge is 0.144 e. The van der Waals surface area contributed by atoms with Crippen LogP contribution in [0.15, 0.2) is 12.3 Å². The third kappa shape index (κ3) is 2.40. The van der Waals surface area contributed by atoms with Crippen LogP contribution in [0.3, 0.4) is 0 Å². The van der Waals surface area contributed by atoms with E-state index in [1.165, 1.54) is 0 Å². The number of rotatable bonds is 2. The van der Waals surface area contributed by atoms with Crippen LogP contribution in [0.25, 0.3) is 0 Å². The van der Waals surface area contributed by atoms with E-state index < -0.39 is 0 Å². The second-order valence-corrected chi connectivity index (χ2v) is 3.20. The fraction of sp³-hybridized carbons (Fsp3) is 0.556. The standard InChI is InChI=1S/C9H14N4O/c1-8-10-3-2-9(11-8)12-13-4-6-14-7-5-13/h2-3H,4-7H2,1H3,(H,10,11,12). The van der Waals surface area contributed by atoms with Crippen molar-refractivity contribution in [3.05, 3.63) is 18.1 Å². The van der Waals surface area contributed by atoms with Gasteiger partial charge in [-0.1, -0.05) is 0 Å². The lowest BCUT2D eigenvalue weighted by Crippen LogP contribution is -2.40. The van der Waals surface area contributed by atoms with E-state index in [0.717, 1.165) is 37.9 Å². The molecule has 1 N–H and O–H groups in total. The van der Waals surface area contributed by atoms with E-state index in [1.54, 1.807) is 6.20 Å². The number of anilines is 1. The van der Waals surface area contributed by atoms with Gasteiger partial charge in [0.2, 0.25) is 0 Å². The normalized spacial score (nSPS) is 18.1. The second kappa shape index (κ2) is 4.34. The highest BCUT2D eigenvalue weighted by Gasteiger charge is 2.09. The summed E-state index contributed by atoms with van der Waals surface area (Å²) in [7, 11) is 0. The highest BCUT2D eigenvalue weighted by Crippen LogP contribution is 2.04. The Morgan fingerprint density at radius 3 is 2.93 bits per heavy atom. The molecule has 1 aromatic heterocycles. The molecule has 0 amide bonds. The van der Waals surface area contributed by atoms with Crippen LogP contribution < -0.4 is 5.43 Å². The maximum absolute atomic E-state index is 5.25. The molecule has 0 aliphatic carbocycles. The first-order chi connectivity index (χ1) is 6.84. The topological polar surface area (TPSA) is 50.3 Å². The molecule has 0 unspecified atom stereocenters. The lowest BCUT2D eigenvalue weighted by atomic mass is 10.5. The third-order valence-electron chi connectivity index (χ3n) is 2.06. The zero-order chi connectivity index (χ0) is 9.80. The van der Waals surface area contributed by atoms with Crippen LogP contribution in [0, 0.1) is 6.92 Å². The van der Waals surface area contributed by atoms with Crippen molar-refractivity contribution >= 4 is 5.82 Å². The minimum atomic E-state index is 0.775. The minimum absolute atomic E-state index is 0.775. The lowest BCUT2D eigenvalue weighted by Gasteiger charge is -2.27. The molecular weight excluding hydrogens is 180 g/mol. The van der Waals surface area contributed by atoms with Crippen LogP contribution in [0.4, 0.5) is 5.82 Å². The zero-order valence-corrected chi connectivity index (χ0v) is 8.23. The highest BCUT2D eigenvalue weighted by atomic mass is 16.5.